The van der Waals surface area contributed by atoms with Crippen molar-refractivity contribution < 1.29 is 4.42 Å². The Morgan fingerprint density at radius 2 is 1.48 bits per heavy atom. The zero-order valence-corrected chi connectivity index (χ0v) is 16.3. The zero-order valence-electron chi connectivity index (χ0n) is 16.3. The van der Waals surface area contributed by atoms with Crippen LogP contribution < -0.4 is 0 Å². The molecule has 0 saturated heterocycles. The molecule has 0 bridgehead atoms. The lowest BCUT2D eigenvalue weighted by molar-refractivity contribution is 0.661. The zero-order chi connectivity index (χ0) is 19.3. The third-order valence-electron chi connectivity index (χ3n) is 6.80. The first-order valence-corrected chi connectivity index (χ1v) is 10.1. The van der Waals surface area contributed by atoms with Crippen molar-refractivity contribution in [3.63, 3.8) is 0 Å². The Morgan fingerprint density at radius 1 is 0.655 bits per heavy atom. The Kier molecular flexibility index (Phi) is 2.60. The second-order valence-electron chi connectivity index (χ2n) is 8.70. The number of H-pyrrole nitrogens is 1. The van der Waals surface area contributed by atoms with Crippen molar-refractivity contribution in [3.8, 4) is 11.1 Å². The van der Waals surface area contributed by atoms with Crippen LogP contribution in [0, 0.1) is 0 Å². The van der Waals surface area contributed by atoms with E-state index in [-0.39, 0.29) is 5.41 Å². The topological polar surface area (TPSA) is 28.9 Å². The number of hydrogen-bond donors (Lipinski definition) is 1. The quantitative estimate of drug-likeness (QED) is 0.293. The first-order valence-electron chi connectivity index (χ1n) is 10.1. The lowest BCUT2D eigenvalue weighted by atomic mass is 9.82. The standard InChI is InChI=1S/C27H19NO/c1-27(2)19-9-5-3-7-15(19)17-13-18-22(14-20(17)27)28-21-11-12-24-26(25(18)21)16-8-4-6-10-23(16)29-24/h3-14,28H,1-2H3. The van der Waals surface area contributed by atoms with Gasteiger partial charge in [0.25, 0.3) is 0 Å². The van der Waals surface area contributed by atoms with E-state index in [0.717, 1.165) is 16.7 Å². The first-order chi connectivity index (χ1) is 14.1. The van der Waals surface area contributed by atoms with E-state index in [1.165, 1.54) is 49.3 Å². The van der Waals surface area contributed by atoms with Gasteiger partial charge in [-0.2, -0.15) is 0 Å². The van der Waals surface area contributed by atoms with Crippen molar-refractivity contribution in [2.24, 2.45) is 0 Å². The van der Waals surface area contributed by atoms with Gasteiger partial charge in [-0.3, -0.25) is 0 Å². The van der Waals surface area contributed by atoms with Gasteiger partial charge in [0.2, 0.25) is 0 Å². The van der Waals surface area contributed by atoms with Crippen LogP contribution in [0.2, 0.25) is 0 Å². The molecule has 0 aliphatic heterocycles. The third-order valence-corrected chi connectivity index (χ3v) is 6.80. The Labute approximate surface area is 167 Å². The number of rotatable bonds is 0. The Morgan fingerprint density at radius 3 is 2.41 bits per heavy atom. The van der Waals surface area contributed by atoms with Gasteiger partial charge < -0.3 is 9.40 Å². The molecule has 0 saturated carbocycles. The van der Waals surface area contributed by atoms with Gasteiger partial charge in [0, 0.05) is 38.0 Å². The molecule has 0 fully saturated rings. The van der Waals surface area contributed by atoms with Crippen molar-refractivity contribution in [1.29, 1.82) is 0 Å². The van der Waals surface area contributed by atoms with E-state index in [1.54, 1.807) is 0 Å². The van der Waals surface area contributed by atoms with E-state index < -0.39 is 0 Å². The van der Waals surface area contributed by atoms with Gasteiger partial charge in [0.05, 0.1) is 0 Å². The van der Waals surface area contributed by atoms with Crippen LogP contribution in [0.3, 0.4) is 0 Å². The highest BCUT2D eigenvalue weighted by atomic mass is 16.3. The molecule has 0 amide bonds. The fourth-order valence-electron chi connectivity index (χ4n) is 5.40. The van der Waals surface area contributed by atoms with Crippen molar-refractivity contribution >= 4 is 43.7 Å². The molecule has 1 N–H and O–H groups in total. The summed E-state index contributed by atoms with van der Waals surface area (Å²) in [7, 11) is 0. The van der Waals surface area contributed by atoms with Crippen molar-refractivity contribution in [3.05, 3.63) is 83.9 Å². The highest BCUT2D eigenvalue weighted by Crippen LogP contribution is 2.50. The van der Waals surface area contributed by atoms with Crippen molar-refractivity contribution in [1.82, 2.24) is 4.98 Å². The summed E-state index contributed by atoms with van der Waals surface area (Å²) in [4.78, 5) is 3.68. The molecule has 0 atom stereocenters. The minimum absolute atomic E-state index is 0.00900. The molecule has 0 unspecified atom stereocenters. The molecule has 2 nitrogen and oxygen atoms in total. The molecule has 2 heterocycles. The Balaban J connectivity index is 1.69. The van der Waals surface area contributed by atoms with Crippen LogP contribution in [0.25, 0.3) is 54.9 Å². The van der Waals surface area contributed by atoms with Crippen LogP contribution in [-0.4, -0.2) is 4.98 Å². The molecule has 0 radical (unpaired) electrons. The molecule has 4 aromatic carbocycles. The van der Waals surface area contributed by atoms with Gasteiger partial charge in [0.1, 0.15) is 11.2 Å². The second kappa shape index (κ2) is 4.90. The number of fused-ring (bicyclic) bond motifs is 10. The molecule has 1 aliphatic rings. The van der Waals surface area contributed by atoms with Crippen LogP contribution in [0.5, 0.6) is 0 Å². The minimum atomic E-state index is 0.00900. The Bertz CT molecular complexity index is 1630. The number of furan rings is 1. The summed E-state index contributed by atoms with van der Waals surface area (Å²) in [6.45, 7) is 4.65. The molecular weight excluding hydrogens is 354 g/mol. The van der Waals surface area contributed by atoms with Gasteiger partial charge in [-0.25, -0.2) is 0 Å². The summed E-state index contributed by atoms with van der Waals surface area (Å²) in [5, 5.41) is 4.90. The lowest BCUT2D eigenvalue weighted by Crippen LogP contribution is -2.14. The maximum Gasteiger partial charge on any atom is 0.136 e. The highest BCUT2D eigenvalue weighted by molar-refractivity contribution is 6.27. The van der Waals surface area contributed by atoms with Crippen LogP contribution in [0.4, 0.5) is 0 Å². The summed E-state index contributed by atoms with van der Waals surface area (Å²) in [5.41, 5.74) is 9.76. The van der Waals surface area contributed by atoms with E-state index in [1.807, 2.05) is 12.1 Å². The van der Waals surface area contributed by atoms with E-state index in [2.05, 4.69) is 79.5 Å². The smallest absolute Gasteiger partial charge is 0.136 e. The predicted molar refractivity (Wildman–Crippen MR) is 121 cm³/mol. The Hall–Kier alpha value is -3.52. The molecule has 7 rings (SSSR count). The van der Waals surface area contributed by atoms with Gasteiger partial charge in [-0.1, -0.05) is 56.3 Å². The SMILES string of the molecule is CC1(C)c2ccccc2-c2cc3c(cc21)[nH]c1ccc2oc4ccccc4c2c13. The maximum absolute atomic E-state index is 6.15. The number of benzene rings is 4. The molecular formula is C27H19NO. The van der Waals surface area contributed by atoms with E-state index in [9.17, 15) is 0 Å². The van der Waals surface area contributed by atoms with Crippen LogP contribution in [0.1, 0.15) is 25.0 Å². The summed E-state index contributed by atoms with van der Waals surface area (Å²) >= 11 is 0. The number of para-hydroxylation sites is 1. The van der Waals surface area contributed by atoms with Gasteiger partial charge in [0.15, 0.2) is 0 Å². The minimum Gasteiger partial charge on any atom is -0.456 e. The lowest BCUT2D eigenvalue weighted by Gasteiger charge is -2.21. The van der Waals surface area contributed by atoms with Gasteiger partial charge in [-0.15, -0.1) is 0 Å². The molecule has 29 heavy (non-hydrogen) atoms. The van der Waals surface area contributed by atoms with Gasteiger partial charge in [-0.05, 0) is 52.6 Å². The largest absolute Gasteiger partial charge is 0.456 e. The number of aromatic nitrogens is 1. The number of nitrogens with one attached hydrogen (secondary N) is 1. The summed E-state index contributed by atoms with van der Waals surface area (Å²) < 4.78 is 6.15. The third kappa shape index (κ3) is 1.78. The normalized spacial score (nSPS) is 14.8. The molecule has 2 heteroatoms. The number of aromatic amines is 1. The van der Waals surface area contributed by atoms with Gasteiger partial charge >= 0.3 is 0 Å². The fraction of sp³-hybridized carbons (Fsp3) is 0.111. The fourth-order valence-corrected chi connectivity index (χ4v) is 5.40. The molecule has 6 aromatic rings. The van der Waals surface area contributed by atoms with E-state index >= 15 is 0 Å². The van der Waals surface area contributed by atoms with Crippen LogP contribution in [-0.2, 0) is 5.41 Å². The molecule has 2 aromatic heterocycles. The van der Waals surface area contributed by atoms with Crippen LogP contribution >= 0.6 is 0 Å². The average Bonchev–Trinajstić information content (AvgIpc) is 3.35. The summed E-state index contributed by atoms with van der Waals surface area (Å²) in [5.74, 6) is 0. The predicted octanol–water partition coefficient (Wildman–Crippen LogP) is 7.53. The molecule has 1 aliphatic carbocycles. The summed E-state index contributed by atoms with van der Waals surface area (Å²) in [6, 6.07) is 26.1. The van der Waals surface area contributed by atoms with E-state index in [4.69, 9.17) is 4.42 Å². The van der Waals surface area contributed by atoms with Crippen molar-refractivity contribution in [2.75, 3.05) is 0 Å². The summed E-state index contributed by atoms with van der Waals surface area (Å²) in [6.07, 6.45) is 0. The molecule has 0 spiro atoms. The van der Waals surface area contributed by atoms with Crippen molar-refractivity contribution in [2.45, 2.75) is 19.3 Å². The second-order valence-corrected chi connectivity index (χ2v) is 8.70. The highest BCUT2D eigenvalue weighted by Gasteiger charge is 2.35. The monoisotopic (exact) mass is 373 g/mol. The first kappa shape index (κ1) is 15.4. The molecule has 138 valence electrons. The van der Waals surface area contributed by atoms with Crippen LogP contribution in [0.15, 0.2) is 77.2 Å². The number of hydrogen-bond acceptors (Lipinski definition) is 1. The average molecular weight is 373 g/mol. The maximum atomic E-state index is 6.15. The van der Waals surface area contributed by atoms with E-state index in [0.29, 0.717) is 0 Å².